The summed E-state index contributed by atoms with van der Waals surface area (Å²) in [5, 5.41) is 1.24. The van der Waals surface area contributed by atoms with Crippen LogP contribution in [0.2, 0.25) is 0 Å². The molecule has 1 aromatic heterocycles. The summed E-state index contributed by atoms with van der Waals surface area (Å²) >= 11 is 0. The molecule has 0 amide bonds. The van der Waals surface area contributed by atoms with E-state index in [1.807, 2.05) is 6.20 Å². The molecule has 2 rings (SSSR count). The van der Waals surface area contributed by atoms with Crippen LogP contribution in [0.5, 0.6) is 0 Å². The maximum absolute atomic E-state index is 5.84. The molecule has 1 heterocycles. The molecule has 0 aliphatic heterocycles. The van der Waals surface area contributed by atoms with Gasteiger partial charge in [-0.3, -0.25) is 4.98 Å². The lowest BCUT2D eigenvalue weighted by Gasteiger charge is -2.24. The summed E-state index contributed by atoms with van der Waals surface area (Å²) in [6, 6.07) is 6.40. The highest BCUT2D eigenvalue weighted by molar-refractivity contribution is 5.84. The molecule has 17 heavy (non-hydrogen) atoms. The van der Waals surface area contributed by atoms with Crippen LogP contribution in [-0.4, -0.2) is 4.98 Å². The molecule has 0 fully saturated rings. The van der Waals surface area contributed by atoms with Crippen molar-refractivity contribution < 1.29 is 0 Å². The van der Waals surface area contributed by atoms with Gasteiger partial charge in [-0.1, -0.05) is 32.4 Å². The van der Waals surface area contributed by atoms with Gasteiger partial charge in [0.15, 0.2) is 0 Å². The van der Waals surface area contributed by atoms with Crippen molar-refractivity contribution in [2.75, 3.05) is 0 Å². The number of hydrogen-bond donors (Lipinski definition) is 1. The summed E-state index contributed by atoms with van der Waals surface area (Å²) < 4.78 is 0. The van der Waals surface area contributed by atoms with Crippen LogP contribution in [-0.2, 0) is 12.0 Å². The Kier molecular flexibility index (Phi) is 2.92. The molecule has 0 saturated carbocycles. The topological polar surface area (TPSA) is 38.9 Å². The smallest absolute Gasteiger partial charge is 0.0705 e. The Morgan fingerprint density at radius 3 is 2.53 bits per heavy atom. The van der Waals surface area contributed by atoms with Gasteiger partial charge in [0, 0.05) is 18.1 Å². The van der Waals surface area contributed by atoms with Crippen molar-refractivity contribution in [2.45, 2.75) is 39.7 Å². The van der Waals surface area contributed by atoms with Crippen molar-refractivity contribution in [1.82, 2.24) is 4.98 Å². The van der Waals surface area contributed by atoms with Gasteiger partial charge in [-0.05, 0) is 35.6 Å². The SMILES string of the molecule is Cc1ccc2ncc(CN)c(C(C)(C)C)c2c1. The van der Waals surface area contributed by atoms with Gasteiger partial charge >= 0.3 is 0 Å². The molecule has 0 bridgehead atoms. The number of fused-ring (bicyclic) bond motifs is 1. The fourth-order valence-corrected chi connectivity index (χ4v) is 2.39. The monoisotopic (exact) mass is 228 g/mol. The minimum absolute atomic E-state index is 0.0870. The Hall–Kier alpha value is -1.41. The highest BCUT2D eigenvalue weighted by Crippen LogP contribution is 2.32. The van der Waals surface area contributed by atoms with Crippen LogP contribution in [0.4, 0.5) is 0 Å². The first-order valence-electron chi connectivity index (χ1n) is 6.02. The normalized spacial score (nSPS) is 12.1. The molecular formula is C15H20N2. The third kappa shape index (κ3) is 2.18. The number of rotatable bonds is 1. The Labute approximate surface area is 103 Å². The standard InChI is InChI=1S/C15H20N2/c1-10-5-6-13-12(7-10)14(15(2,3)4)11(8-16)9-17-13/h5-7,9H,8,16H2,1-4H3. The van der Waals surface area contributed by atoms with E-state index in [1.54, 1.807) is 0 Å². The quantitative estimate of drug-likeness (QED) is 0.813. The third-order valence-corrected chi connectivity index (χ3v) is 3.07. The van der Waals surface area contributed by atoms with E-state index in [-0.39, 0.29) is 5.41 Å². The summed E-state index contributed by atoms with van der Waals surface area (Å²) in [5.74, 6) is 0. The van der Waals surface area contributed by atoms with Gasteiger partial charge in [-0.15, -0.1) is 0 Å². The van der Waals surface area contributed by atoms with E-state index in [4.69, 9.17) is 5.73 Å². The summed E-state index contributed by atoms with van der Waals surface area (Å²) in [6.07, 6.45) is 1.91. The largest absolute Gasteiger partial charge is 0.326 e. The average Bonchev–Trinajstić information content (AvgIpc) is 2.25. The molecule has 90 valence electrons. The lowest BCUT2D eigenvalue weighted by Crippen LogP contribution is -2.17. The van der Waals surface area contributed by atoms with Crippen molar-refractivity contribution in [3.8, 4) is 0 Å². The molecule has 0 saturated heterocycles. The third-order valence-electron chi connectivity index (χ3n) is 3.07. The van der Waals surface area contributed by atoms with Crippen LogP contribution in [0.3, 0.4) is 0 Å². The van der Waals surface area contributed by atoms with Crippen LogP contribution in [0.15, 0.2) is 24.4 Å². The van der Waals surface area contributed by atoms with Gasteiger partial charge < -0.3 is 5.73 Å². The van der Waals surface area contributed by atoms with Crippen molar-refractivity contribution in [2.24, 2.45) is 5.73 Å². The van der Waals surface area contributed by atoms with E-state index >= 15 is 0 Å². The van der Waals surface area contributed by atoms with Crippen LogP contribution in [0.1, 0.15) is 37.5 Å². The number of nitrogens with zero attached hydrogens (tertiary/aromatic N) is 1. The van der Waals surface area contributed by atoms with Gasteiger partial charge in [0.2, 0.25) is 0 Å². The zero-order valence-corrected chi connectivity index (χ0v) is 11.0. The van der Waals surface area contributed by atoms with E-state index in [2.05, 4.69) is 50.9 Å². The van der Waals surface area contributed by atoms with Crippen LogP contribution in [0.25, 0.3) is 10.9 Å². The lowest BCUT2D eigenvalue weighted by molar-refractivity contribution is 0.587. The lowest BCUT2D eigenvalue weighted by atomic mass is 9.81. The second-order valence-electron chi connectivity index (χ2n) is 5.63. The Balaban J connectivity index is 2.87. The summed E-state index contributed by atoms with van der Waals surface area (Å²) in [7, 11) is 0. The zero-order valence-electron chi connectivity index (χ0n) is 11.0. The first-order chi connectivity index (χ1) is 7.93. The Bertz CT molecular complexity index is 551. The molecule has 2 N–H and O–H groups in total. The molecular weight excluding hydrogens is 208 g/mol. The van der Waals surface area contributed by atoms with E-state index < -0.39 is 0 Å². The predicted octanol–water partition coefficient (Wildman–Crippen LogP) is 3.30. The van der Waals surface area contributed by atoms with E-state index in [1.165, 1.54) is 16.5 Å². The second kappa shape index (κ2) is 4.11. The molecule has 2 aromatic rings. The molecule has 0 spiro atoms. The van der Waals surface area contributed by atoms with Crippen LogP contribution < -0.4 is 5.73 Å². The molecule has 0 unspecified atom stereocenters. The number of nitrogens with two attached hydrogens (primary N) is 1. The molecule has 0 aliphatic carbocycles. The number of aryl methyl sites for hydroxylation is 1. The van der Waals surface area contributed by atoms with E-state index in [9.17, 15) is 0 Å². The van der Waals surface area contributed by atoms with E-state index in [0.717, 1.165) is 11.1 Å². The summed E-state index contributed by atoms with van der Waals surface area (Å²) in [6.45, 7) is 9.33. The number of benzene rings is 1. The second-order valence-corrected chi connectivity index (χ2v) is 5.63. The first kappa shape index (κ1) is 12.1. The van der Waals surface area contributed by atoms with Crippen molar-refractivity contribution >= 4 is 10.9 Å². The van der Waals surface area contributed by atoms with Crippen LogP contribution >= 0.6 is 0 Å². The van der Waals surface area contributed by atoms with Gasteiger partial charge in [0.25, 0.3) is 0 Å². The van der Waals surface area contributed by atoms with Crippen LogP contribution in [0, 0.1) is 6.92 Å². The Morgan fingerprint density at radius 2 is 1.94 bits per heavy atom. The van der Waals surface area contributed by atoms with Gasteiger partial charge in [0.05, 0.1) is 5.52 Å². The van der Waals surface area contributed by atoms with E-state index in [0.29, 0.717) is 6.54 Å². The molecule has 2 heteroatoms. The van der Waals surface area contributed by atoms with Crippen molar-refractivity contribution in [3.05, 3.63) is 41.1 Å². The molecule has 2 nitrogen and oxygen atoms in total. The van der Waals surface area contributed by atoms with Crippen molar-refractivity contribution in [1.29, 1.82) is 0 Å². The number of pyridine rings is 1. The van der Waals surface area contributed by atoms with Gasteiger partial charge in [-0.25, -0.2) is 0 Å². The Morgan fingerprint density at radius 1 is 1.24 bits per heavy atom. The average molecular weight is 228 g/mol. The zero-order chi connectivity index (χ0) is 12.6. The summed E-state index contributed by atoms with van der Waals surface area (Å²) in [4.78, 5) is 4.49. The maximum Gasteiger partial charge on any atom is 0.0705 e. The highest BCUT2D eigenvalue weighted by Gasteiger charge is 2.20. The highest BCUT2D eigenvalue weighted by atomic mass is 14.7. The molecule has 0 aliphatic rings. The maximum atomic E-state index is 5.84. The molecule has 0 atom stereocenters. The number of hydrogen-bond acceptors (Lipinski definition) is 2. The van der Waals surface area contributed by atoms with Crippen molar-refractivity contribution in [3.63, 3.8) is 0 Å². The predicted molar refractivity (Wildman–Crippen MR) is 73.1 cm³/mol. The minimum Gasteiger partial charge on any atom is -0.326 e. The minimum atomic E-state index is 0.0870. The molecule has 0 radical (unpaired) electrons. The summed E-state index contributed by atoms with van der Waals surface area (Å²) in [5.41, 5.74) is 10.7. The van der Waals surface area contributed by atoms with Gasteiger partial charge in [-0.2, -0.15) is 0 Å². The van der Waals surface area contributed by atoms with Gasteiger partial charge in [0.1, 0.15) is 0 Å². The fourth-order valence-electron chi connectivity index (χ4n) is 2.39. The first-order valence-corrected chi connectivity index (χ1v) is 6.02. The number of aromatic nitrogens is 1. The fraction of sp³-hybridized carbons (Fsp3) is 0.400. The molecule has 1 aromatic carbocycles.